The summed E-state index contributed by atoms with van der Waals surface area (Å²) in [4.78, 5) is 23.5. The highest BCUT2D eigenvalue weighted by atomic mass is 16.2. The van der Waals surface area contributed by atoms with Gasteiger partial charge in [0, 0.05) is 32.4 Å². The highest BCUT2D eigenvalue weighted by Gasteiger charge is 2.18. The molecule has 2 rings (SSSR count). The highest BCUT2D eigenvalue weighted by Crippen LogP contribution is 2.30. The number of aromatic nitrogens is 2. The minimum absolute atomic E-state index is 0.240. The number of hydrogen-bond donors (Lipinski definition) is 1. The second kappa shape index (κ2) is 7.07. The Kier molecular flexibility index (Phi) is 5.39. The van der Waals surface area contributed by atoms with Gasteiger partial charge in [0.2, 0.25) is 0 Å². The SMILES string of the molecule is CC1CCCC(CCNCc2cc(=O)n(C)c(=O)n2C)C1. The van der Waals surface area contributed by atoms with Crippen molar-refractivity contribution in [1.29, 1.82) is 0 Å². The molecule has 0 bridgehead atoms. The Hall–Kier alpha value is -1.36. The van der Waals surface area contributed by atoms with E-state index in [9.17, 15) is 9.59 Å². The molecule has 0 aromatic carbocycles. The van der Waals surface area contributed by atoms with Crippen LogP contribution in [-0.4, -0.2) is 15.7 Å². The van der Waals surface area contributed by atoms with E-state index < -0.39 is 0 Å². The predicted octanol–water partition coefficient (Wildman–Crippen LogP) is 1.39. The van der Waals surface area contributed by atoms with E-state index in [0.717, 1.165) is 28.6 Å². The Labute approximate surface area is 126 Å². The largest absolute Gasteiger partial charge is 0.330 e. The van der Waals surface area contributed by atoms with Crippen molar-refractivity contribution in [3.05, 3.63) is 32.6 Å². The molecule has 1 saturated carbocycles. The summed E-state index contributed by atoms with van der Waals surface area (Å²) in [5, 5.41) is 3.37. The van der Waals surface area contributed by atoms with E-state index in [0.29, 0.717) is 6.54 Å². The third-order valence-corrected chi connectivity index (χ3v) is 4.71. The van der Waals surface area contributed by atoms with Gasteiger partial charge in [0.25, 0.3) is 5.56 Å². The summed E-state index contributed by atoms with van der Waals surface area (Å²) in [6.07, 6.45) is 6.60. The lowest BCUT2D eigenvalue weighted by Gasteiger charge is -2.26. The Morgan fingerprint density at radius 3 is 2.71 bits per heavy atom. The van der Waals surface area contributed by atoms with Crippen molar-refractivity contribution < 1.29 is 0 Å². The molecule has 1 aromatic heterocycles. The van der Waals surface area contributed by atoms with Gasteiger partial charge < -0.3 is 5.32 Å². The highest BCUT2D eigenvalue weighted by molar-refractivity contribution is 5.01. The standard InChI is InChI=1S/C16H27N3O2/c1-12-5-4-6-13(9-12)7-8-17-11-14-10-15(20)19(3)16(21)18(14)2/h10,12-13,17H,4-9,11H2,1-3H3. The molecular weight excluding hydrogens is 266 g/mol. The fourth-order valence-electron chi connectivity index (χ4n) is 3.29. The fourth-order valence-corrected chi connectivity index (χ4v) is 3.29. The molecule has 0 aliphatic heterocycles. The van der Waals surface area contributed by atoms with Gasteiger partial charge in [-0.3, -0.25) is 13.9 Å². The molecular formula is C16H27N3O2. The Morgan fingerprint density at radius 1 is 1.24 bits per heavy atom. The summed E-state index contributed by atoms with van der Waals surface area (Å²) in [7, 11) is 3.22. The molecule has 5 nitrogen and oxygen atoms in total. The molecule has 5 heteroatoms. The van der Waals surface area contributed by atoms with Crippen LogP contribution in [0.2, 0.25) is 0 Å². The maximum absolute atomic E-state index is 11.8. The summed E-state index contributed by atoms with van der Waals surface area (Å²) >= 11 is 0. The molecule has 21 heavy (non-hydrogen) atoms. The normalized spacial score (nSPS) is 22.4. The van der Waals surface area contributed by atoms with Crippen molar-refractivity contribution in [3.63, 3.8) is 0 Å². The number of rotatable bonds is 5. The zero-order chi connectivity index (χ0) is 15.4. The van der Waals surface area contributed by atoms with Crippen molar-refractivity contribution in [2.75, 3.05) is 6.54 Å². The van der Waals surface area contributed by atoms with Gasteiger partial charge in [-0.1, -0.05) is 26.2 Å². The van der Waals surface area contributed by atoms with Crippen LogP contribution in [-0.2, 0) is 20.6 Å². The lowest BCUT2D eigenvalue weighted by Crippen LogP contribution is -2.39. The van der Waals surface area contributed by atoms with Gasteiger partial charge in [-0.05, 0) is 31.2 Å². The van der Waals surface area contributed by atoms with Crippen LogP contribution in [0, 0.1) is 11.8 Å². The second-order valence-corrected chi connectivity index (χ2v) is 6.48. The molecule has 1 heterocycles. The quantitative estimate of drug-likeness (QED) is 0.835. The average Bonchev–Trinajstić information content (AvgIpc) is 2.46. The van der Waals surface area contributed by atoms with Crippen LogP contribution in [0.15, 0.2) is 15.7 Å². The molecule has 118 valence electrons. The second-order valence-electron chi connectivity index (χ2n) is 6.48. The predicted molar refractivity (Wildman–Crippen MR) is 84.4 cm³/mol. The Morgan fingerprint density at radius 2 is 2.00 bits per heavy atom. The molecule has 1 aromatic rings. The van der Waals surface area contributed by atoms with E-state index in [4.69, 9.17) is 0 Å². The first-order valence-electron chi connectivity index (χ1n) is 7.95. The Bertz CT molecular complexity index is 588. The zero-order valence-corrected chi connectivity index (χ0v) is 13.4. The zero-order valence-electron chi connectivity index (χ0n) is 13.4. The van der Waals surface area contributed by atoms with E-state index in [2.05, 4.69) is 12.2 Å². The van der Waals surface area contributed by atoms with Gasteiger partial charge in [0.05, 0.1) is 0 Å². The van der Waals surface area contributed by atoms with Gasteiger partial charge in [-0.2, -0.15) is 0 Å². The lowest BCUT2D eigenvalue weighted by atomic mass is 9.81. The Balaban J connectivity index is 1.84. The van der Waals surface area contributed by atoms with Crippen molar-refractivity contribution in [2.24, 2.45) is 25.9 Å². The summed E-state index contributed by atoms with van der Waals surface area (Å²) in [5.41, 5.74) is 0.247. The molecule has 0 radical (unpaired) electrons. The topological polar surface area (TPSA) is 56.0 Å². The number of hydrogen-bond acceptors (Lipinski definition) is 3. The van der Waals surface area contributed by atoms with Gasteiger partial charge in [-0.25, -0.2) is 4.79 Å². The molecule has 2 atom stereocenters. The molecule has 2 unspecified atom stereocenters. The van der Waals surface area contributed by atoms with Gasteiger partial charge in [0.15, 0.2) is 0 Å². The van der Waals surface area contributed by atoms with Crippen LogP contribution in [0.1, 0.15) is 44.7 Å². The van der Waals surface area contributed by atoms with Crippen molar-refractivity contribution in [3.8, 4) is 0 Å². The van der Waals surface area contributed by atoms with Gasteiger partial charge in [0.1, 0.15) is 0 Å². The summed E-state index contributed by atoms with van der Waals surface area (Å²) in [6, 6.07) is 1.54. The summed E-state index contributed by atoms with van der Waals surface area (Å²) in [5.74, 6) is 1.69. The van der Waals surface area contributed by atoms with Crippen LogP contribution in [0.5, 0.6) is 0 Å². The first-order valence-corrected chi connectivity index (χ1v) is 7.95. The lowest BCUT2D eigenvalue weighted by molar-refractivity contribution is 0.267. The van der Waals surface area contributed by atoms with E-state index in [1.807, 2.05) is 0 Å². The molecule has 1 aliphatic carbocycles. The number of nitrogens with one attached hydrogen (secondary N) is 1. The molecule has 0 amide bonds. The number of nitrogens with zero attached hydrogens (tertiary/aromatic N) is 2. The minimum atomic E-state index is -0.264. The summed E-state index contributed by atoms with van der Waals surface area (Å²) < 4.78 is 2.67. The molecule has 1 aliphatic rings. The average molecular weight is 293 g/mol. The van der Waals surface area contributed by atoms with Crippen LogP contribution >= 0.6 is 0 Å². The first-order chi connectivity index (χ1) is 9.99. The third kappa shape index (κ3) is 4.06. The maximum atomic E-state index is 11.8. The van der Waals surface area contributed by atoms with E-state index >= 15 is 0 Å². The molecule has 1 fully saturated rings. The minimum Gasteiger partial charge on any atom is -0.311 e. The van der Waals surface area contributed by atoms with Crippen LogP contribution in [0.3, 0.4) is 0 Å². The van der Waals surface area contributed by atoms with Crippen molar-refractivity contribution >= 4 is 0 Å². The van der Waals surface area contributed by atoms with Crippen LogP contribution < -0.4 is 16.6 Å². The van der Waals surface area contributed by atoms with Crippen molar-refractivity contribution in [1.82, 2.24) is 14.5 Å². The summed E-state index contributed by atoms with van der Waals surface area (Å²) in [6.45, 7) is 3.86. The monoisotopic (exact) mass is 293 g/mol. The van der Waals surface area contributed by atoms with Crippen molar-refractivity contribution in [2.45, 2.75) is 45.6 Å². The van der Waals surface area contributed by atoms with Gasteiger partial charge >= 0.3 is 5.69 Å². The fraction of sp³-hybridized carbons (Fsp3) is 0.750. The third-order valence-electron chi connectivity index (χ3n) is 4.71. The molecule has 1 N–H and O–H groups in total. The van der Waals surface area contributed by atoms with E-state index in [-0.39, 0.29) is 11.2 Å². The van der Waals surface area contributed by atoms with E-state index in [1.54, 1.807) is 7.05 Å². The smallest absolute Gasteiger partial charge is 0.311 e. The molecule has 0 spiro atoms. The van der Waals surface area contributed by atoms with E-state index in [1.165, 1.54) is 49.8 Å². The first kappa shape index (κ1) is 16.0. The maximum Gasteiger partial charge on any atom is 0.330 e. The molecule has 0 saturated heterocycles. The van der Waals surface area contributed by atoms with Crippen LogP contribution in [0.4, 0.5) is 0 Å². The van der Waals surface area contributed by atoms with Gasteiger partial charge in [-0.15, -0.1) is 0 Å². The van der Waals surface area contributed by atoms with Crippen LogP contribution in [0.25, 0.3) is 0 Å².